The van der Waals surface area contributed by atoms with Crippen LogP contribution in [0.5, 0.6) is 5.75 Å². The first-order chi connectivity index (χ1) is 10.0. The van der Waals surface area contributed by atoms with E-state index in [0.29, 0.717) is 22.4 Å². The van der Waals surface area contributed by atoms with Crippen molar-refractivity contribution in [2.45, 2.75) is 13.8 Å². The van der Waals surface area contributed by atoms with Crippen molar-refractivity contribution in [1.29, 1.82) is 0 Å². The van der Waals surface area contributed by atoms with E-state index < -0.39 is 0 Å². The molecule has 2 aromatic heterocycles. The fourth-order valence-corrected chi connectivity index (χ4v) is 2.49. The second-order valence-corrected chi connectivity index (χ2v) is 5.29. The second-order valence-electron chi connectivity index (χ2n) is 4.88. The Morgan fingerprint density at radius 3 is 2.71 bits per heavy atom. The molecule has 2 heterocycles. The fraction of sp³-hybridized carbons (Fsp3) is 0.200. The molecule has 1 aromatic carbocycles. The summed E-state index contributed by atoms with van der Waals surface area (Å²) >= 11 is 6.16. The van der Waals surface area contributed by atoms with Crippen LogP contribution in [0.3, 0.4) is 0 Å². The Balaban J connectivity index is 2.38. The Morgan fingerprint density at radius 1 is 1.24 bits per heavy atom. The van der Waals surface area contributed by atoms with Crippen molar-refractivity contribution in [2.75, 3.05) is 12.8 Å². The highest BCUT2D eigenvalue weighted by molar-refractivity contribution is 6.31. The van der Waals surface area contributed by atoms with Gasteiger partial charge in [0.25, 0.3) is 0 Å². The maximum atomic E-state index is 6.16. The summed E-state index contributed by atoms with van der Waals surface area (Å²) in [4.78, 5) is 8.80. The van der Waals surface area contributed by atoms with E-state index in [1.165, 1.54) is 0 Å². The van der Waals surface area contributed by atoms with E-state index in [2.05, 4.69) is 9.97 Å². The van der Waals surface area contributed by atoms with Gasteiger partial charge in [-0.25, -0.2) is 9.97 Å². The smallest absolute Gasteiger partial charge is 0.207 e. The van der Waals surface area contributed by atoms with E-state index in [1.807, 2.05) is 26.0 Å². The molecule has 0 saturated carbocycles. The van der Waals surface area contributed by atoms with Crippen LogP contribution in [0.2, 0.25) is 5.02 Å². The molecule has 108 valence electrons. The quantitative estimate of drug-likeness (QED) is 0.789. The van der Waals surface area contributed by atoms with Gasteiger partial charge >= 0.3 is 0 Å². The van der Waals surface area contributed by atoms with Gasteiger partial charge in [-0.2, -0.15) is 0 Å². The van der Waals surface area contributed by atoms with Gasteiger partial charge in [-0.1, -0.05) is 11.6 Å². The molecule has 2 N–H and O–H groups in total. The number of anilines is 1. The van der Waals surface area contributed by atoms with E-state index in [4.69, 9.17) is 22.1 Å². The van der Waals surface area contributed by atoms with Gasteiger partial charge in [-0.15, -0.1) is 0 Å². The lowest BCUT2D eigenvalue weighted by atomic mass is 10.2. The van der Waals surface area contributed by atoms with E-state index in [-0.39, 0.29) is 0 Å². The molecule has 0 bridgehead atoms. The number of rotatable bonds is 2. The molecule has 0 aliphatic carbocycles. The van der Waals surface area contributed by atoms with Crippen molar-refractivity contribution in [3.63, 3.8) is 0 Å². The summed E-state index contributed by atoms with van der Waals surface area (Å²) in [5, 5.41) is 0.641. The number of aromatic nitrogens is 3. The number of pyridine rings is 1. The van der Waals surface area contributed by atoms with Crippen molar-refractivity contribution >= 4 is 28.7 Å². The van der Waals surface area contributed by atoms with Gasteiger partial charge in [0.05, 0.1) is 12.8 Å². The Kier molecular flexibility index (Phi) is 3.22. The van der Waals surface area contributed by atoms with Gasteiger partial charge in [-0.3, -0.25) is 4.57 Å². The monoisotopic (exact) mass is 302 g/mol. The standard InChI is InChI=1S/C15H15ClN4O/c1-8-4-5-18-14-13(8)19-15(17)20(14)11-6-9(2)10(16)7-12(11)21-3/h4-7H,1-3H3,(H2,17,19). The molecule has 0 radical (unpaired) electrons. The normalized spacial score (nSPS) is 11.0. The molecule has 6 heteroatoms. The summed E-state index contributed by atoms with van der Waals surface area (Å²) in [6.45, 7) is 3.91. The minimum atomic E-state index is 0.367. The summed E-state index contributed by atoms with van der Waals surface area (Å²) in [5.74, 6) is 0.992. The lowest BCUT2D eigenvalue weighted by Gasteiger charge is -2.13. The van der Waals surface area contributed by atoms with E-state index in [9.17, 15) is 0 Å². The molecule has 0 saturated heterocycles. The molecule has 0 spiro atoms. The third-order valence-electron chi connectivity index (χ3n) is 3.47. The molecule has 0 unspecified atom stereocenters. The average Bonchev–Trinajstić information content (AvgIpc) is 2.79. The third kappa shape index (κ3) is 2.10. The fourth-order valence-electron chi connectivity index (χ4n) is 2.33. The Labute approximate surface area is 127 Å². The number of hydrogen-bond acceptors (Lipinski definition) is 4. The molecule has 0 aliphatic heterocycles. The summed E-state index contributed by atoms with van der Waals surface area (Å²) in [7, 11) is 1.60. The van der Waals surface area contributed by atoms with Gasteiger partial charge in [0.1, 0.15) is 11.3 Å². The van der Waals surface area contributed by atoms with Gasteiger partial charge in [0.2, 0.25) is 5.95 Å². The van der Waals surface area contributed by atoms with Crippen LogP contribution in [0.1, 0.15) is 11.1 Å². The maximum absolute atomic E-state index is 6.16. The SMILES string of the molecule is COc1cc(Cl)c(C)cc1-n1c(N)nc2c(C)ccnc21. The molecule has 3 rings (SSSR count). The number of halogens is 1. The number of nitrogens with two attached hydrogens (primary N) is 1. The maximum Gasteiger partial charge on any atom is 0.207 e. The Hall–Kier alpha value is -2.27. The Morgan fingerprint density at radius 2 is 2.00 bits per heavy atom. The number of benzene rings is 1. The van der Waals surface area contributed by atoms with Crippen LogP contribution in [0.25, 0.3) is 16.9 Å². The molecular weight excluding hydrogens is 288 g/mol. The van der Waals surface area contributed by atoms with Crippen molar-refractivity contribution in [1.82, 2.24) is 14.5 Å². The topological polar surface area (TPSA) is 66.0 Å². The predicted octanol–water partition coefficient (Wildman–Crippen LogP) is 3.28. The number of hydrogen-bond donors (Lipinski definition) is 1. The third-order valence-corrected chi connectivity index (χ3v) is 3.88. The lowest BCUT2D eigenvalue weighted by Crippen LogP contribution is -2.04. The summed E-state index contributed by atoms with van der Waals surface area (Å²) < 4.78 is 7.20. The van der Waals surface area contributed by atoms with Crippen LogP contribution >= 0.6 is 11.6 Å². The minimum Gasteiger partial charge on any atom is -0.495 e. The number of methoxy groups -OCH3 is 1. The van der Waals surface area contributed by atoms with Gasteiger partial charge in [0, 0.05) is 17.3 Å². The van der Waals surface area contributed by atoms with Crippen LogP contribution in [0.4, 0.5) is 5.95 Å². The van der Waals surface area contributed by atoms with Crippen LogP contribution in [0.15, 0.2) is 24.4 Å². The first kappa shape index (κ1) is 13.7. The number of aryl methyl sites for hydroxylation is 2. The van der Waals surface area contributed by atoms with Crippen LogP contribution in [-0.4, -0.2) is 21.6 Å². The largest absolute Gasteiger partial charge is 0.495 e. The molecule has 3 aromatic rings. The summed E-state index contributed by atoms with van der Waals surface area (Å²) in [6.07, 6.45) is 1.74. The highest BCUT2D eigenvalue weighted by Crippen LogP contribution is 2.33. The highest BCUT2D eigenvalue weighted by atomic mass is 35.5. The summed E-state index contributed by atoms with van der Waals surface area (Å²) in [6, 6.07) is 5.60. The first-order valence-corrected chi connectivity index (χ1v) is 6.84. The van der Waals surface area contributed by atoms with Crippen molar-refractivity contribution in [2.24, 2.45) is 0 Å². The molecule has 0 atom stereocenters. The van der Waals surface area contributed by atoms with Gasteiger partial charge in [0.15, 0.2) is 5.65 Å². The zero-order valence-electron chi connectivity index (χ0n) is 12.0. The van der Waals surface area contributed by atoms with Gasteiger partial charge in [-0.05, 0) is 37.1 Å². The average molecular weight is 303 g/mol. The number of fused-ring (bicyclic) bond motifs is 1. The molecule has 0 aliphatic rings. The lowest BCUT2D eigenvalue weighted by molar-refractivity contribution is 0.413. The molecular formula is C15H15ClN4O. The molecule has 21 heavy (non-hydrogen) atoms. The van der Waals surface area contributed by atoms with E-state index in [1.54, 1.807) is 23.9 Å². The first-order valence-electron chi connectivity index (χ1n) is 6.47. The predicted molar refractivity (Wildman–Crippen MR) is 84.3 cm³/mol. The number of nitrogens with zero attached hydrogens (tertiary/aromatic N) is 3. The van der Waals surface area contributed by atoms with E-state index >= 15 is 0 Å². The minimum absolute atomic E-state index is 0.367. The summed E-state index contributed by atoms with van der Waals surface area (Å²) in [5.41, 5.74) is 10.3. The zero-order chi connectivity index (χ0) is 15.1. The van der Waals surface area contributed by atoms with E-state index in [0.717, 1.165) is 22.3 Å². The van der Waals surface area contributed by atoms with Crippen LogP contribution in [-0.2, 0) is 0 Å². The molecule has 0 fully saturated rings. The Bertz CT molecular complexity index is 841. The zero-order valence-corrected chi connectivity index (χ0v) is 12.8. The highest BCUT2D eigenvalue weighted by Gasteiger charge is 2.17. The molecule has 0 amide bonds. The van der Waals surface area contributed by atoms with Gasteiger partial charge < -0.3 is 10.5 Å². The number of imidazole rings is 1. The van der Waals surface area contributed by atoms with Crippen molar-refractivity contribution < 1.29 is 4.74 Å². The van der Waals surface area contributed by atoms with Crippen LogP contribution < -0.4 is 10.5 Å². The number of ether oxygens (including phenoxy) is 1. The molecule has 5 nitrogen and oxygen atoms in total. The van der Waals surface area contributed by atoms with Crippen molar-refractivity contribution in [3.8, 4) is 11.4 Å². The number of nitrogen functional groups attached to an aromatic ring is 1. The van der Waals surface area contributed by atoms with Crippen LogP contribution in [0, 0.1) is 13.8 Å². The van der Waals surface area contributed by atoms with Crippen molar-refractivity contribution in [3.05, 3.63) is 40.5 Å². The second kappa shape index (κ2) is 4.93.